The summed E-state index contributed by atoms with van der Waals surface area (Å²) >= 11 is 2.23. The van der Waals surface area contributed by atoms with Gasteiger partial charge in [-0.3, -0.25) is 4.90 Å². The minimum atomic E-state index is 0.668. The third-order valence-electron chi connectivity index (χ3n) is 1.88. The summed E-state index contributed by atoms with van der Waals surface area (Å²) in [6.45, 7) is 1.53. The number of rotatable bonds is 3. The van der Waals surface area contributed by atoms with Gasteiger partial charge in [0.2, 0.25) is 0 Å². The summed E-state index contributed by atoms with van der Waals surface area (Å²) in [6, 6.07) is 6.05. The van der Waals surface area contributed by atoms with Crippen molar-refractivity contribution in [3.63, 3.8) is 0 Å². The van der Waals surface area contributed by atoms with Crippen molar-refractivity contribution in [2.45, 2.75) is 6.54 Å². The van der Waals surface area contributed by atoms with E-state index in [-0.39, 0.29) is 0 Å². The molecule has 0 bridgehead atoms. The zero-order valence-electron chi connectivity index (χ0n) is 8.13. The topological polar surface area (TPSA) is 29.3 Å². The molecule has 0 aliphatic heterocycles. The second-order valence-electron chi connectivity index (χ2n) is 3.23. The Kier molecular flexibility index (Phi) is 4.23. The van der Waals surface area contributed by atoms with Crippen LogP contribution in [-0.4, -0.2) is 18.5 Å². The third kappa shape index (κ3) is 3.20. The first kappa shape index (κ1) is 11.3. The van der Waals surface area contributed by atoms with Gasteiger partial charge in [-0.25, -0.2) is 0 Å². The average Bonchev–Trinajstić information content (AvgIpc) is 2.12. The number of nitrogens with two attached hydrogens (primary N) is 1. The molecule has 0 unspecified atom stereocenters. The van der Waals surface area contributed by atoms with Crippen LogP contribution in [-0.2, 0) is 6.54 Å². The molecule has 0 spiro atoms. The van der Waals surface area contributed by atoms with Crippen LogP contribution < -0.4 is 5.73 Å². The lowest BCUT2D eigenvalue weighted by atomic mass is 10.2. The minimum Gasteiger partial charge on any atom is -0.398 e. The molecular weight excluding hydrogens is 287 g/mol. The SMILES string of the molecule is C#CCN(C)Cc1ccc(N)c(I)c1. The van der Waals surface area contributed by atoms with Crippen molar-refractivity contribution in [3.8, 4) is 12.3 Å². The molecule has 0 aliphatic rings. The molecule has 0 fully saturated rings. The summed E-state index contributed by atoms with van der Waals surface area (Å²) in [5.74, 6) is 2.61. The van der Waals surface area contributed by atoms with Crippen LogP contribution in [0.25, 0.3) is 0 Å². The number of terminal acetylenes is 1. The van der Waals surface area contributed by atoms with Crippen molar-refractivity contribution >= 4 is 28.3 Å². The van der Waals surface area contributed by atoms with Gasteiger partial charge in [-0.1, -0.05) is 12.0 Å². The fourth-order valence-corrected chi connectivity index (χ4v) is 1.77. The zero-order valence-corrected chi connectivity index (χ0v) is 10.3. The second-order valence-corrected chi connectivity index (χ2v) is 4.39. The predicted molar refractivity (Wildman–Crippen MR) is 68.7 cm³/mol. The monoisotopic (exact) mass is 300 g/mol. The maximum Gasteiger partial charge on any atom is 0.0599 e. The number of hydrogen-bond acceptors (Lipinski definition) is 2. The Morgan fingerprint density at radius 3 is 2.86 bits per heavy atom. The van der Waals surface area contributed by atoms with E-state index in [1.807, 2.05) is 19.2 Å². The van der Waals surface area contributed by atoms with Crippen molar-refractivity contribution < 1.29 is 0 Å². The standard InChI is InChI=1S/C11H13IN2/c1-3-6-14(2)8-9-4-5-11(13)10(12)7-9/h1,4-5,7H,6,8,13H2,2H3. The highest BCUT2D eigenvalue weighted by Crippen LogP contribution is 2.16. The van der Waals surface area contributed by atoms with Gasteiger partial charge in [-0.05, 0) is 47.3 Å². The van der Waals surface area contributed by atoms with Crippen LogP contribution in [0.2, 0.25) is 0 Å². The molecular formula is C11H13IN2. The van der Waals surface area contributed by atoms with Gasteiger partial charge in [-0.2, -0.15) is 0 Å². The first-order valence-electron chi connectivity index (χ1n) is 4.29. The van der Waals surface area contributed by atoms with Crippen molar-refractivity contribution in [2.75, 3.05) is 19.3 Å². The smallest absolute Gasteiger partial charge is 0.0599 e. The molecule has 0 amide bonds. The zero-order chi connectivity index (χ0) is 10.6. The molecule has 74 valence electrons. The molecule has 1 rings (SSSR count). The second kappa shape index (κ2) is 5.23. The highest BCUT2D eigenvalue weighted by Gasteiger charge is 2.00. The highest BCUT2D eigenvalue weighted by atomic mass is 127. The van der Waals surface area contributed by atoms with Gasteiger partial charge in [-0.15, -0.1) is 6.42 Å². The maximum atomic E-state index is 5.72. The molecule has 0 heterocycles. The molecule has 0 saturated carbocycles. The Hall–Kier alpha value is -0.730. The van der Waals surface area contributed by atoms with Gasteiger partial charge < -0.3 is 5.73 Å². The van der Waals surface area contributed by atoms with E-state index in [4.69, 9.17) is 12.2 Å². The third-order valence-corrected chi connectivity index (χ3v) is 2.81. The lowest BCUT2D eigenvalue weighted by molar-refractivity contribution is 0.369. The molecule has 0 saturated heterocycles. The van der Waals surface area contributed by atoms with Crippen LogP contribution in [0.3, 0.4) is 0 Å². The number of anilines is 1. The Morgan fingerprint density at radius 1 is 1.57 bits per heavy atom. The predicted octanol–water partition coefficient (Wildman–Crippen LogP) is 1.94. The van der Waals surface area contributed by atoms with E-state index in [1.54, 1.807) is 0 Å². The maximum absolute atomic E-state index is 5.72. The lowest BCUT2D eigenvalue weighted by Gasteiger charge is -2.13. The summed E-state index contributed by atoms with van der Waals surface area (Å²) in [5, 5.41) is 0. The number of hydrogen-bond donors (Lipinski definition) is 1. The summed E-state index contributed by atoms with van der Waals surface area (Å²) in [4.78, 5) is 2.08. The van der Waals surface area contributed by atoms with Crippen molar-refractivity contribution in [2.24, 2.45) is 0 Å². The molecule has 1 aromatic carbocycles. The van der Waals surface area contributed by atoms with Gasteiger partial charge >= 0.3 is 0 Å². The molecule has 2 N–H and O–H groups in total. The average molecular weight is 300 g/mol. The van der Waals surface area contributed by atoms with E-state index in [0.717, 1.165) is 15.8 Å². The van der Waals surface area contributed by atoms with Crippen molar-refractivity contribution in [3.05, 3.63) is 27.3 Å². The van der Waals surface area contributed by atoms with E-state index in [9.17, 15) is 0 Å². The molecule has 1 aromatic rings. The van der Waals surface area contributed by atoms with Crippen LogP contribution in [0.1, 0.15) is 5.56 Å². The minimum absolute atomic E-state index is 0.668. The van der Waals surface area contributed by atoms with Crippen LogP contribution >= 0.6 is 22.6 Å². The van der Waals surface area contributed by atoms with E-state index < -0.39 is 0 Å². The van der Waals surface area contributed by atoms with Gasteiger partial charge in [0.05, 0.1) is 6.54 Å². The first-order chi connectivity index (χ1) is 6.63. The molecule has 2 nitrogen and oxygen atoms in total. The number of nitrogens with zero attached hydrogens (tertiary/aromatic N) is 1. The van der Waals surface area contributed by atoms with Gasteiger partial charge in [0.15, 0.2) is 0 Å². The van der Waals surface area contributed by atoms with Crippen LogP contribution in [0, 0.1) is 15.9 Å². The quantitative estimate of drug-likeness (QED) is 0.525. The summed E-state index contributed by atoms with van der Waals surface area (Å²) < 4.78 is 1.09. The molecule has 0 aromatic heterocycles. The molecule has 3 heteroatoms. The molecule has 0 radical (unpaired) electrons. The highest BCUT2D eigenvalue weighted by molar-refractivity contribution is 14.1. The van der Waals surface area contributed by atoms with Crippen molar-refractivity contribution in [1.29, 1.82) is 0 Å². The van der Waals surface area contributed by atoms with E-state index in [1.165, 1.54) is 5.56 Å². The normalized spacial score (nSPS) is 10.1. The van der Waals surface area contributed by atoms with Crippen LogP contribution in [0.4, 0.5) is 5.69 Å². The Balaban J connectivity index is 2.69. The summed E-state index contributed by atoms with van der Waals surface area (Å²) in [5.41, 5.74) is 7.79. The fourth-order valence-electron chi connectivity index (χ4n) is 1.19. The fraction of sp³-hybridized carbons (Fsp3) is 0.273. The van der Waals surface area contributed by atoms with E-state index >= 15 is 0 Å². The van der Waals surface area contributed by atoms with Gasteiger partial charge in [0, 0.05) is 15.8 Å². The van der Waals surface area contributed by atoms with Crippen molar-refractivity contribution in [1.82, 2.24) is 4.90 Å². The van der Waals surface area contributed by atoms with Gasteiger partial charge in [0.1, 0.15) is 0 Å². The number of nitrogen functional groups attached to an aromatic ring is 1. The van der Waals surface area contributed by atoms with E-state index in [0.29, 0.717) is 6.54 Å². The molecule has 14 heavy (non-hydrogen) atoms. The van der Waals surface area contributed by atoms with Gasteiger partial charge in [0.25, 0.3) is 0 Å². The Labute approximate surface area is 98.6 Å². The largest absolute Gasteiger partial charge is 0.398 e. The summed E-state index contributed by atoms with van der Waals surface area (Å²) in [6.07, 6.45) is 5.22. The van der Waals surface area contributed by atoms with E-state index in [2.05, 4.69) is 39.5 Å². The number of halogens is 1. The summed E-state index contributed by atoms with van der Waals surface area (Å²) in [7, 11) is 2.00. The van der Waals surface area contributed by atoms with Crippen LogP contribution in [0.15, 0.2) is 18.2 Å². The first-order valence-corrected chi connectivity index (χ1v) is 5.37. The molecule has 0 aliphatic carbocycles. The Morgan fingerprint density at radius 2 is 2.29 bits per heavy atom. The van der Waals surface area contributed by atoms with Crippen LogP contribution in [0.5, 0.6) is 0 Å². The molecule has 0 atom stereocenters. The Bertz CT molecular complexity index is 355. The number of benzene rings is 1. The lowest BCUT2D eigenvalue weighted by Crippen LogP contribution is -2.17.